The second-order valence-electron chi connectivity index (χ2n) is 5.43. The maximum Gasteiger partial charge on any atom is 0.267 e. The minimum Gasteiger partial charge on any atom is -0.479 e. The van der Waals surface area contributed by atoms with Crippen LogP contribution in [0, 0.1) is 0 Å². The number of thiazole rings is 1. The summed E-state index contributed by atoms with van der Waals surface area (Å²) in [7, 11) is 0. The molecule has 0 radical (unpaired) electrons. The van der Waals surface area contributed by atoms with Crippen LogP contribution in [0.4, 0.5) is 10.8 Å². The topological polar surface area (TPSA) is 80.3 Å². The number of rotatable bonds is 3. The Morgan fingerprint density at radius 1 is 1.32 bits per heavy atom. The molecule has 0 saturated heterocycles. The Morgan fingerprint density at radius 3 is 3.00 bits per heavy atom. The number of fused-ring (bicyclic) bond motifs is 1. The number of anilines is 2. The first-order chi connectivity index (χ1) is 12.1. The quantitative estimate of drug-likeness (QED) is 0.733. The molecule has 0 fully saturated rings. The first-order valence-electron chi connectivity index (χ1n) is 7.52. The van der Waals surface area contributed by atoms with Crippen molar-refractivity contribution >= 4 is 45.3 Å². The first-order valence-corrected chi connectivity index (χ1v) is 9.28. The number of hydrogen-bond donors (Lipinski definition) is 2. The number of carbonyl (C=O) groups is 2. The van der Waals surface area contributed by atoms with Gasteiger partial charge in [0.15, 0.2) is 11.2 Å². The Balaban J connectivity index is 1.55. The Hall–Kier alpha value is -2.71. The number of nitrogens with zero attached hydrogens (tertiary/aromatic N) is 1. The number of thiophene rings is 1. The van der Waals surface area contributed by atoms with Gasteiger partial charge in [0.05, 0.1) is 16.3 Å². The number of amides is 2. The van der Waals surface area contributed by atoms with Gasteiger partial charge in [-0.05, 0) is 36.6 Å². The van der Waals surface area contributed by atoms with Crippen LogP contribution in [-0.4, -0.2) is 22.9 Å². The SMILES string of the molecule is CC1Oc2ccc(-c3csc(NC(=O)c4cccs4)n3)cc2NC1=O. The van der Waals surface area contributed by atoms with Crippen LogP contribution < -0.4 is 15.4 Å². The van der Waals surface area contributed by atoms with Gasteiger partial charge in [-0.2, -0.15) is 0 Å². The van der Waals surface area contributed by atoms with Crippen LogP contribution in [0.3, 0.4) is 0 Å². The van der Waals surface area contributed by atoms with Crippen molar-refractivity contribution in [2.45, 2.75) is 13.0 Å². The molecule has 3 aromatic rings. The number of hydrogen-bond acceptors (Lipinski definition) is 6. The summed E-state index contributed by atoms with van der Waals surface area (Å²) in [5, 5.41) is 9.86. The molecule has 1 unspecified atom stereocenters. The van der Waals surface area contributed by atoms with Crippen molar-refractivity contribution in [1.82, 2.24) is 4.98 Å². The largest absolute Gasteiger partial charge is 0.479 e. The van der Waals surface area contributed by atoms with Gasteiger partial charge in [0.2, 0.25) is 0 Å². The van der Waals surface area contributed by atoms with E-state index in [0.29, 0.717) is 21.4 Å². The lowest BCUT2D eigenvalue weighted by molar-refractivity contribution is -0.122. The third kappa shape index (κ3) is 3.13. The lowest BCUT2D eigenvalue weighted by Gasteiger charge is -2.23. The van der Waals surface area contributed by atoms with Gasteiger partial charge in [-0.1, -0.05) is 6.07 Å². The van der Waals surface area contributed by atoms with Crippen molar-refractivity contribution in [2.24, 2.45) is 0 Å². The summed E-state index contributed by atoms with van der Waals surface area (Å²) in [6, 6.07) is 9.10. The van der Waals surface area contributed by atoms with Gasteiger partial charge in [0.1, 0.15) is 5.75 Å². The summed E-state index contributed by atoms with van der Waals surface area (Å²) < 4.78 is 5.55. The molecule has 1 aliphatic rings. The lowest BCUT2D eigenvalue weighted by atomic mass is 10.1. The highest BCUT2D eigenvalue weighted by Gasteiger charge is 2.24. The molecule has 0 spiro atoms. The average molecular weight is 371 g/mol. The third-order valence-electron chi connectivity index (χ3n) is 3.68. The lowest BCUT2D eigenvalue weighted by Crippen LogP contribution is -2.34. The van der Waals surface area contributed by atoms with E-state index in [2.05, 4.69) is 15.6 Å². The van der Waals surface area contributed by atoms with E-state index in [1.807, 2.05) is 35.0 Å². The van der Waals surface area contributed by atoms with Crippen molar-refractivity contribution in [3.05, 3.63) is 46.0 Å². The molecular weight excluding hydrogens is 358 g/mol. The maximum absolute atomic E-state index is 12.1. The van der Waals surface area contributed by atoms with E-state index < -0.39 is 6.10 Å². The van der Waals surface area contributed by atoms with Crippen LogP contribution in [0.2, 0.25) is 0 Å². The third-order valence-corrected chi connectivity index (χ3v) is 5.30. The van der Waals surface area contributed by atoms with Crippen molar-refractivity contribution in [3.63, 3.8) is 0 Å². The van der Waals surface area contributed by atoms with Crippen LogP contribution in [0.15, 0.2) is 41.1 Å². The van der Waals surface area contributed by atoms with E-state index in [4.69, 9.17) is 4.74 Å². The smallest absolute Gasteiger partial charge is 0.267 e. The van der Waals surface area contributed by atoms with Gasteiger partial charge in [0, 0.05) is 10.9 Å². The van der Waals surface area contributed by atoms with Gasteiger partial charge in [-0.15, -0.1) is 22.7 Å². The van der Waals surface area contributed by atoms with Crippen molar-refractivity contribution in [1.29, 1.82) is 0 Å². The van der Waals surface area contributed by atoms with Crippen LogP contribution in [0.5, 0.6) is 5.75 Å². The predicted octanol–water partition coefficient (Wildman–Crippen LogP) is 3.84. The highest BCUT2D eigenvalue weighted by Crippen LogP contribution is 2.35. The molecule has 25 heavy (non-hydrogen) atoms. The van der Waals surface area contributed by atoms with Crippen molar-refractivity contribution in [2.75, 3.05) is 10.6 Å². The molecule has 1 aliphatic heterocycles. The summed E-state index contributed by atoms with van der Waals surface area (Å²) >= 11 is 2.73. The monoisotopic (exact) mass is 371 g/mol. The fourth-order valence-corrected chi connectivity index (χ4v) is 3.73. The first kappa shape index (κ1) is 15.8. The Kier molecular flexibility index (Phi) is 3.98. The minimum atomic E-state index is -0.503. The number of ether oxygens (including phenoxy) is 1. The molecule has 0 bridgehead atoms. The summed E-state index contributed by atoms with van der Waals surface area (Å²) in [5.41, 5.74) is 2.19. The number of benzene rings is 1. The van der Waals surface area contributed by atoms with Crippen molar-refractivity contribution < 1.29 is 14.3 Å². The molecular formula is C17H13N3O3S2. The van der Waals surface area contributed by atoms with Crippen molar-refractivity contribution in [3.8, 4) is 17.0 Å². The second kappa shape index (κ2) is 6.30. The molecule has 0 aliphatic carbocycles. The summed E-state index contributed by atoms with van der Waals surface area (Å²) in [6.45, 7) is 1.70. The maximum atomic E-state index is 12.1. The van der Waals surface area contributed by atoms with E-state index in [-0.39, 0.29) is 11.8 Å². The number of aromatic nitrogens is 1. The minimum absolute atomic E-state index is 0.170. The van der Waals surface area contributed by atoms with E-state index in [0.717, 1.165) is 11.3 Å². The van der Waals surface area contributed by atoms with Crippen LogP contribution >= 0.6 is 22.7 Å². The van der Waals surface area contributed by atoms with Gasteiger partial charge in [-0.3, -0.25) is 14.9 Å². The Morgan fingerprint density at radius 2 is 2.20 bits per heavy atom. The predicted molar refractivity (Wildman–Crippen MR) is 98.5 cm³/mol. The zero-order chi connectivity index (χ0) is 17.4. The average Bonchev–Trinajstić information content (AvgIpc) is 3.27. The number of carbonyl (C=O) groups excluding carboxylic acids is 2. The highest BCUT2D eigenvalue weighted by atomic mass is 32.1. The molecule has 2 aromatic heterocycles. The van der Waals surface area contributed by atoms with E-state index in [1.54, 1.807) is 13.0 Å². The molecule has 2 amide bonds. The van der Waals surface area contributed by atoms with Crippen LogP contribution in [-0.2, 0) is 4.79 Å². The second-order valence-corrected chi connectivity index (χ2v) is 7.24. The standard InChI is InChI=1S/C17H13N3O3S2/c1-9-15(21)18-11-7-10(4-5-13(11)23-9)12-8-25-17(19-12)20-16(22)14-3-2-6-24-14/h2-9H,1H3,(H,18,21)(H,19,20,22). The normalized spacial score (nSPS) is 15.9. The van der Waals surface area contributed by atoms with E-state index >= 15 is 0 Å². The molecule has 1 atom stereocenters. The van der Waals surface area contributed by atoms with Gasteiger partial charge in [-0.25, -0.2) is 4.98 Å². The fraction of sp³-hybridized carbons (Fsp3) is 0.118. The summed E-state index contributed by atoms with van der Waals surface area (Å²) in [6.07, 6.45) is -0.503. The molecule has 6 nitrogen and oxygen atoms in total. The van der Waals surface area contributed by atoms with Crippen LogP contribution in [0.25, 0.3) is 11.3 Å². The zero-order valence-electron chi connectivity index (χ0n) is 13.1. The molecule has 2 N–H and O–H groups in total. The van der Waals surface area contributed by atoms with E-state index in [1.165, 1.54) is 22.7 Å². The number of nitrogens with one attached hydrogen (secondary N) is 2. The highest BCUT2D eigenvalue weighted by molar-refractivity contribution is 7.14. The Labute approximate surface area is 151 Å². The Bertz CT molecular complexity index is 950. The molecule has 126 valence electrons. The van der Waals surface area contributed by atoms with Crippen LogP contribution in [0.1, 0.15) is 16.6 Å². The van der Waals surface area contributed by atoms with Gasteiger partial charge >= 0.3 is 0 Å². The molecule has 3 heterocycles. The van der Waals surface area contributed by atoms with E-state index in [9.17, 15) is 9.59 Å². The molecule has 1 aromatic carbocycles. The zero-order valence-corrected chi connectivity index (χ0v) is 14.7. The molecule has 0 saturated carbocycles. The molecule has 4 rings (SSSR count). The summed E-state index contributed by atoms with van der Waals surface area (Å²) in [5.74, 6) is 0.292. The summed E-state index contributed by atoms with van der Waals surface area (Å²) in [4.78, 5) is 28.9. The fourth-order valence-electron chi connectivity index (χ4n) is 2.40. The van der Waals surface area contributed by atoms with Gasteiger partial charge < -0.3 is 10.1 Å². The molecule has 8 heteroatoms. The van der Waals surface area contributed by atoms with Gasteiger partial charge in [0.25, 0.3) is 11.8 Å².